The van der Waals surface area contributed by atoms with Crippen LogP contribution in [0.5, 0.6) is 0 Å². The van der Waals surface area contributed by atoms with Gasteiger partial charge in [-0.1, -0.05) is 6.07 Å². The Balaban J connectivity index is 0.00000192. The zero-order valence-corrected chi connectivity index (χ0v) is 13.9. The summed E-state index contributed by atoms with van der Waals surface area (Å²) in [7, 11) is 0. The molecule has 0 aliphatic carbocycles. The number of likely N-dealkylation sites (tertiary alicyclic amines) is 1. The van der Waals surface area contributed by atoms with Gasteiger partial charge >= 0.3 is 0 Å². The summed E-state index contributed by atoms with van der Waals surface area (Å²) in [6.45, 7) is 0.606. The number of carbonyl (C=O) groups excluding carboxylic acids is 2. The number of rotatable bonds is 3. The van der Waals surface area contributed by atoms with Crippen molar-refractivity contribution in [1.82, 2.24) is 9.88 Å². The molecule has 0 saturated carbocycles. The molecule has 1 atom stereocenters. The van der Waals surface area contributed by atoms with E-state index in [0.717, 1.165) is 6.42 Å². The van der Waals surface area contributed by atoms with Gasteiger partial charge in [0.2, 0.25) is 5.91 Å². The van der Waals surface area contributed by atoms with Crippen molar-refractivity contribution in [3.63, 3.8) is 0 Å². The predicted octanol–water partition coefficient (Wildman–Crippen LogP) is 2.39. The van der Waals surface area contributed by atoms with E-state index in [2.05, 4.69) is 10.3 Å². The number of nitrogen functional groups attached to an aromatic ring is 1. The SMILES string of the molecule is Cl.Nc1ccc(NC(=O)C2CCCN2C(=O)c2cccs2)cn1. The normalized spacial score (nSPS) is 16.7. The quantitative estimate of drug-likeness (QED) is 0.887. The summed E-state index contributed by atoms with van der Waals surface area (Å²) in [5.41, 5.74) is 6.10. The van der Waals surface area contributed by atoms with Crippen LogP contribution in [0, 0.1) is 0 Å². The molecule has 2 amide bonds. The number of hydrogen-bond donors (Lipinski definition) is 2. The molecule has 23 heavy (non-hydrogen) atoms. The number of hydrogen-bond acceptors (Lipinski definition) is 5. The highest BCUT2D eigenvalue weighted by Crippen LogP contribution is 2.23. The van der Waals surface area contributed by atoms with Crippen LogP contribution in [0.25, 0.3) is 0 Å². The number of nitrogens with zero attached hydrogens (tertiary/aromatic N) is 2. The zero-order chi connectivity index (χ0) is 15.5. The fourth-order valence-electron chi connectivity index (χ4n) is 2.53. The summed E-state index contributed by atoms with van der Waals surface area (Å²) in [5, 5.41) is 4.65. The van der Waals surface area contributed by atoms with Gasteiger partial charge in [-0.3, -0.25) is 9.59 Å². The van der Waals surface area contributed by atoms with Crippen molar-refractivity contribution in [3.05, 3.63) is 40.7 Å². The van der Waals surface area contributed by atoms with E-state index in [0.29, 0.717) is 29.3 Å². The second-order valence-corrected chi connectivity index (χ2v) is 6.04. The lowest BCUT2D eigenvalue weighted by Gasteiger charge is -2.23. The maximum absolute atomic E-state index is 12.4. The molecule has 1 aliphatic heterocycles. The van der Waals surface area contributed by atoms with Crippen molar-refractivity contribution in [2.24, 2.45) is 0 Å². The van der Waals surface area contributed by atoms with Crippen LogP contribution in [0.4, 0.5) is 11.5 Å². The first kappa shape index (κ1) is 17.2. The summed E-state index contributed by atoms with van der Waals surface area (Å²) < 4.78 is 0. The van der Waals surface area contributed by atoms with E-state index in [9.17, 15) is 9.59 Å². The van der Waals surface area contributed by atoms with Gasteiger partial charge in [0.25, 0.3) is 5.91 Å². The molecule has 2 aromatic heterocycles. The largest absolute Gasteiger partial charge is 0.384 e. The van der Waals surface area contributed by atoms with Crippen molar-refractivity contribution in [3.8, 4) is 0 Å². The molecule has 1 saturated heterocycles. The number of nitrogens with two attached hydrogens (primary N) is 1. The summed E-state index contributed by atoms with van der Waals surface area (Å²) in [5.74, 6) is 0.130. The van der Waals surface area contributed by atoms with Crippen LogP contribution in [-0.2, 0) is 4.79 Å². The Hall–Kier alpha value is -2.12. The van der Waals surface area contributed by atoms with E-state index < -0.39 is 6.04 Å². The first-order valence-electron chi connectivity index (χ1n) is 7.02. The van der Waals surface area contributed by atoms with Gasteiger partial charge in [0.15, 0.2) is 0 Å². The molecular weight excluding hydrogens is 336 g/mol. The smallest absolute Gasteiger partial charge is 0.264 e. The fraction of sp³-hybridized carbons (Fsp3) is 0.267. The van der Waals surface area contributed by atoms with Crippen LogP contribution in [0.2, 0.25) is 0 Å². The van der Waals surface area contributed by atoms with Gasteiger partial charge in [-0.05, 0) is 36.4 Å². The van der Waals surface area contributed by atoms with Crippen LogP contribution < -0.4 is 11.1 Å². The molecule has 6 nitrogen and oxygen atoms in total. The predicted molar refractivity (Wildman–Crippen MR) is 92.9 cm³/mol. The van der Waals surface area contributed by atoms with E-state index in [1.807, 2.05) is 11.4 Å². The van der Waals surface area contributed by atoms with Gasteiger partial charge in [0.1, 0.15) is 11.9 Å². The summed E-state index contributed by atoms with van der Waals surface area (Å²) in [6, 6.07) is 6.50. The van der Waals surface area contributed by atoms with Gasteiger partial charge in [0, 0.05) is 6.54 Å². The molecule has 8 heteroatoms. The van der Waals surface area contributed by atoms with E-state index in [1.165, 1.54) is 17.5 Å². The maximum atomic E-state index is 12.4. The molecule has 1 fully saturated rings. The summed E-state index contributed by atoms with van der Waals surface area (Å²) in [4.78, 5) is 31.1. The molecule has 0 aromatic carbocycles. The third kappa shape index (κ3) is 3.80. The lowest BCUT2D eigenvalue weighted by molar-refractivity contribution is -0.119. The molecular formula is C15H17ClN4O2S. The van der Waals surface area contributed by atoms with Gasteiger partial charge in [-0.25, -0.2) is 4.98 Å². The molecule has 2 aromatic rings. The second kappa shape index (κ2) is 7.43. The standard InChI is InChI=1S/C15H16N4O2S.ClH/c16-13-6-5-10(9-17-13)18-14(20)11-3-1-7-19(11)15(21)12-4-2-8-22-12;/h2,4-6,8-9,11H,1,3,7H2,(H2,16,17)(H,18,20);1H. The molecule has 0 spiro atoms. The topological polar surface area (TPSA) is 88.3 Å². The highest BCUT2D eigenvalue weighted by atomic mass is 35.5. The van der Waals surface area contributed by atoms with E-state index in [4.69, 9.17) is 5.73 Å². The van der Waals surface area contributed by atoms with Gasteiger partial charge in [-0.15, -0.1) is 23.7 Å². The average molecular weight is 353 g/mol. The van der Waals surface area contributed by atoms with Gasteiger partial charge < -0.3 is 16.0 Å². The van der Waals surface area contributed by atoms with Crippen LogP contribution in [0.3, 0.4) is 0 Å². The number of nitrogens with one attached hydrogen (secondary N) is 1. The average Bonchev–Trinajstić information content (AvgIpc) is 3.20. The number of amides is 2. The first-order valence-corrected chi connectivity index (χ1v) is 7.90. The lowest BCUT2D eigenvalue weighted by Crippen LogP contribution is -2.42. The van der Waals surface area contributed by atoms with Gasteiger partial charge in [-0.2, -0.15) is 0 Å². The molecule has 3 N–H and O–H groups in total. The maximum Gasteiger partial charge on any atom is 0.264 e. The summed E-state index contributed by atoms with van der Waals surface area (Å²) >= 11 is 1.39. The number of pyridine rings is 1. The summed E-state index contributed by atoms with van der Waals surface area (Å²) in [6.07, 6.45) is 3.01. The molecule has 1 aliphatic rings. The Labute approximate surface area is 144 Å². The van der Waals surface area contributed by atoms with Crippen LogP contribution in [0.1, 0.15) is 22.5 Å². The minimum atomic E-state index is -0.438. The van der Waals surface area contributed by atoms with Crippen LogP contribution >= 0.6 is 23.7 Å². The highest BCUT2D eigenvalue weighted by Gasteiger charge is 2.34. The van der Waals surface area contributed by atoms with Crippen molar-refractivity contribution in [2.75, 3.05) is 17.6 Å². The Kier molecular flexibility index (Phi) is 5.57. The van der Waals surface area contributed by atoms with E-state index in [-0.39, 0.29) is 24.2 Å². The molecule has 1 unspecified atom stereocenters. The van der Waals surface area contributed by atoms with E-state index >= 15 is 0 Å². The van der Waals surface area contributed by atoms with Gasteiger partial charge in [0.05, 0.1) is 16.8 Å². The Bertz CT molecular complexity index is 675. The Morgan fingerprint density at radius 2 is 2.17 bits per heavy atom. The third-order valence-electron chi connectivity index (χ3n) is 3.60. The minimum absolute atomic E-state index is 0. The minimum Gasteiger partial charge on any atom is -0.384 e. The fourth-order valence-corrected chi connectivity index (χ4v) is 3.21. The number of halogens is 1. The number of thiophene rings is 1. The van der Waals surface area contributed by atoms with Crippen molar-refractivity contribution >= 4 is 47.1 Å². The van der Waals surface area contributed by atoms with Crippen molar-refractivity contribution < 1.29 is 9.59 Å². The third-order valence-corrected chi connectivity index (χ3v) is 4.46. The Morgan fingerprint density at radius 3 is 2.83 bits per heavy atom. The Morgan fingerprint density at radius 1 is 1.35 bits per heavy atom. The lowest BCUT2D eigenvalue weighted by atomic mass is 10.2. The zero-order valence-electron chi connectivity index (χ0n) is 12.3. The molecule has 0 radical (unpaired) electrons. The molecule has 3 rings (SSSR count). The van der Waals surface area contributed by atoms with Crippen molar-refractivity contribution in [2.45, 2.75) is 18.9 Å². The second-order valence-electron chi connectivity index (χ2n) is 5.09. The first-order chi connectivity index (χ1) is 10.6. The molecule has 122 valence electrons. The van der Waals surface area contributed by atoms with E-state index in [1.54, 1.807) is 23.1 Å². The number of carbonyl (C=O) groups is 2. The van der Waals surface area contributed by atoms with Crippen LogP contribution in [-0.4, -0.2) is 34.3 Å². The van der Waals surface area contributed by atoms with Crippen LogP contribution in [0.15, 0.2) is 35.8 Å². The highest BCUT2D eigenvalue weighted by molar-refractivity contribution is 7.12. The number of aromatic nitrogens is 1. The molecule has 3 heterocycles. The molecule has 0 bridgehead atoms. The van der Waals surface area contributed by atoms with Crippen molar-refractivity contribution in [1.29, 1.82) is 0 Å². The number of anilines is 2. The monoisotopic (exact) mass is 352 g/mol.